The summed E-state index contributed by atoms with van der Waals surface area (Å²) in [5.74, 6) is -0.378. The molecule has 0 radical (unpaired) electrons. The molecule has 1 aromatic heterocycles. The monoisotopic (exact) mass is 237 g/mol. The molecular weight excluding hydrogens is 229 g/mol. The fraction of sp³-hybridized carbons (Fsp3) is 0.0909. The van der Waals surface area contributed by atoms with E-state index >= 15 is 0 Å². The molecule has 0 aliphatic carbocycles. The fourth-order valence-corrected chi connectivity index (χ4v) is 1.50. The normalized spacial score (nSPS) is 10.1. The molecule has 0 aliphatic heterocycles. The average Bonchev–Trinajstić information content (AvgIpc) is 2.30. The Bertz CT molecular complexity index is 456. The molecule has 0 amide bonds. The maximum absolute atomic E-state index is 13.4. The van der Waals surface area contributed by atoms with Gasteiger partial charge in [0.15, 0.2) is 0 Å². The molecule has 0 unspecified atom stereocenters. The number of nitrogens with zero attached hydrogens (tertiary/aromatic N) is 2. The Morgan fingerprint density at radius 3 is 2.88 bits per heavy atom. The van der Waals surface area contributed by atoms with Crippen LogP contribution in [0.25, 0.3) is 0 Å². The van der Waals surface area contributed by atoms with Gasteiger partial charge >= 0.3 is 0 Å². The molecule has 0 saturated carbocycles. The number of nitrogens with one attached hydrogen (secondary N) is 1. The van der Waals surface area contributed by atoms with Gasteiger partial charge in [-0.1, -0.05) is 17.7 Å². The highest BCUT2D eigenvalue weighted by atomic mass is 35.5. The molecule has 0 saturated heterocycles. The van der Waals surface area contributed by atoms with Gasteiger partial charge in [0.05, 0.1) is 29.1 Å². The zero-order chi connectivity index (χ0) is 11.4. The Balaban J connectivity index is 2.11. The molecule has 1 heterocycles. The zero-order valence-electron chi connectivity index (χ0n) is 8.32. The van der Waals surface area contributed by atoms with Crippen LogP contribution < -0.4 is 5.32 Å². The van der Waals surface area contributed by atoms with Crippen molar-refractivity contribution < 1.29 is 4.39 Å². The zero-order valence-corrected chi connectivity index (χ0v) is 9.08. The van der Waals surface area contributed by atoms with Crippen molar-refractivity contribution in [1.29, 1.82) is 0 Å². The number of hydrogen-bond donors (Lipinski definition) is 1. The van der Waals surface area contributed by atoms with E-state index in [4.69, 9.17) is 11.6 Å². The summed E-state index contributed by atoms with van der Waals surface area (Å²) in [6, 6.07) is 4.54. The highest BCUT2D eigenvalue weighted by Crippen LogP contribution is 2.24. The SMILES string of the molecule is Fc1cccc(Cl)c1NCc1cnccn1. The van der Waals surface area contributed by atoms with E-state index in [1.165, 1.54) is 6.07 Å². The number of benzene rings is 1. The Morgan fingerprint density at radius 2 is 2.19 bits per heavy atom. The van der Waals surface area contributed by atoms with Crippen molar-refractivity contribution in [1.82, 2.24) is 9.97 Å². The van der Waals surface area contributed by atoms with Gasteiger partial charge in [-0.2, -0.15) is 0 Å². The molecule has 16 heavy (non-hydrogen) atoms. The highest BCUT2D eigenvalue weighted by molar-refractivity contribution is 6.33. The predicted molar refractivity (Wildman–Crippen MR) is 60.8 cm³/mol. The lowest BCUT2D eigenvalue weighted by Gasteiger charge is -2.08. The Labute approximate surface area is 97.3 Å². The van der Waals surface area contributed by atoms with E-state index in [0.29, 0.717) is 11.6 Å². The summed E-state index contributed by atoms with van der Waals surface area (Å²) < 4.78 is 13.4. The van der Waals surface area contributed by atoms with Crippen LogP contribution >= 0.6 is 11.6 Å². The van der Waals surface area contributed by atoms with E-state index < -0.39 is 0 Å². The fourth-order valence-electron chi connectivity index (χ4n) is 1.27. The summed E-state index contributed by atoms with van der Waals surface area (Å²) in [4.78, 5) is 7.98. The van der Waals surface area contributed by atoms with Gasteiger partial charge in [-0.15, -0.1) is 0 Å². The number of hydrogen-bond acceptors (Lipinski definition) is 3. The largest absolute Gasteiger partial charge is 0.376 e. The molecule has 0 aliphatic rings. The topological polar surface area (TPSA) is 37.8 Å². The van der Waals surface area contributed by atoms with Gasteiger partial charge in [0.25, 0.3) is 0 Å². The van der Waals surface area contributed by atoms with Crippen LogP contribution in [-0.2, 0) is 6.54 Å². The van der Waals surface area contributed by atoms with Crippen LogP contribution in [0.1, 0.15) is 5.69 Å². The first-order valence-electron chi connectivity index (χ1n) is 4.70. The molecule has 82 valence electrons. The Kier molecular flexibility index (Phi) is 3.31. The average molecular weight is 238 g/mol. The first kappa shape index (κ1) is 10.8. The van der Waals surface area contributed by atoms with Crippen LogP contribution in [0, 0.1) is 5.82 Å². The van der Waals surface area contributed by atoms with E-state index in [-0.39, 0.29) is 11.5 Å². The van der Waals surface area contributed by atoms with Crippen LogP contribution in [0.3, 0.4) is 0 Å². The number of aromatic nitrogens is 2. The van der Waals surface area contributed by atoms with Gasteiger partial charge < -0.3 is 5.32 Å². The summed E-state index contributed by atoms with van der Waals surface area (Å²) in [6.07, 6.45) is 4.78. The van der Waals surface area contributed by atoms with Crippen LogP contribution in [0.15, 0.2) is 36.8 Å². The lowest BCUT2D eigenvalue weighted by molar-refractivity contribution is 0.630. The van der Waals surface area contributed by atoms with Gasteiger partial charge in [-0.25, -0.2) is 4.39 Å². The third-order valence-corrected chi connectivity index (χ3v) is 2.34. The number of para-hydroxylation sites is 1. The van der Waals surface area contributed by atoms with Gasteiger partial charge in [-0.3, -0.25) is 9.97 Å². The molecule has 2 rings (SSSR count). The minimum atomic E-state index is -0.378. The predicted octanol–water partition coefficient (Wildman–Crippen LogP) is 2.88. The summed E-state index contributed by atoms with van der Waals surface area (Å²) >= 11 is 5.86. The van der Waals surface area contributed by atoms with Crippen molar-refractivity contribution in [2.75, 3.05) is 5.32 Å². The van der Waals surface area contributed by atoms with Crippen molar-refractivity contribution >= 4 is 17.3 Å². The Morgan fingerprint density at radius 1 is 1.31 bits per heavy atom. The second kappa shape index (κ2) is 4.90. The molecule has 0 fully saturated rings. The van der Waals surface area contributed by atoms with Crippen LogP contribution in [0.2, 0.25) is 5.02 Å². The first-order valence-corrected chi connectivity index (χ1v) is 5.08. The molecule has 3 nitrogen and oxygen atoms in total. The van der Waals surface area contributed by atoms with E-state index in [0.717, 1.165) is 5.69 Å². The van der Waals surface area contributed by atoms with Crippen molar-refractivity contribution in [3.8, 4) is 0 Å². The second-order valence-corrected chi connectivity index (χ2v) is 3.55. The molecule has 2 aromatic rings. The molecule has 5 heteroatoms. The van der Waals surface area contributed by atoms with E-state index in [2.05, 4.69) is 15.3 Å². The Hall–Kier alpha value is -1.68. The van der Waals surface area contributed by atoms with Crippen LogP contribution in [0.4, 0.5) is 10.1 Å². The maximum Gasteiger partial charge on any atom is 0.147 e. The third-order valence-electron chi connectivity index (χ3n) is 2.03. The van der Waals surface area contributed by atoms with Gasteiger partial charge in [0, 0.05) is 12.4 Å². The van der Waals surface area contributed by atoms with E-state index in [1.807, 2.05) is 0 Å². The quantitative estimate of drug-likeness (QED) is 0.892. The van der Waals surface area contributed by atoms with Gasteiger partial charge in [0.2, 0.25) is 0 Å². The van der Waals surface area contributed by atoms with Crippen LogP contribution in [0.5, 0.6) is 0 Å². The summed E-state index contributed by atoms with van der Waals surface area (Å²) in [5, 5.41) is 3.24. The second-order valence-electron chi connectivity index (χ2n) is 3.15. The highest BCUT2D eigenvalue weighted by Gasteiger charge is 2.05. The smallest absolute Gasteiger partial charge is 0.147 e. The molecule has 0 spiro atoms. The van der Waals surface area contributed by atoms with Gasteiger partial charge in [0.1, 0.15) is 5.82 Å². The first-order chi connectivity index (χ1) is 7.77. The summed E-state index contributed by atoms with van der Waals surface area (Å²) in [6.45, 7) is 0.383. The lowest BCUT2D eigenvalue weighted by atomic mass is 10.3. The molecule has 0 atom stereocenters. The van der Waals surface area contributed by atoms with Gasteiger partial charge in [-0.05, 0) is 12.1 Å². The van der Waals surface area contributed by atoms with Crippen LogP contribution in [-0.4, -0.2) is 9.97 Å². The minimum Gasteiger partial charge on any atom is -0.376 e. The summed E-state index contributed by atoms with van der Waals surface area (Å²) in [7, 11) is 0. The van der Waals surface area contributed by atoms with Crippen molar-refractivity contribution in [3.05, 3.63) is 53.3 Å². The van der Waals surface area contributed by atoms with E-state index in [1.54, 1.807) is 30.7 Å². The number of halogens is 2. The standard InChI is InChI=1S/C11H9ClFN3/c12-9-2-1-3-10(13)11(9)16-7-8-6-14-4-5-15-8/h1-6,16H,7H2. The van der Waals surface area contributed by atoms with Crippen molar-refractivity contribution in [3.63, 3.8) is 0 Å². The molecule has 0 bridgehead atoms. The maximum atomic E-state index is 13.4. The number of rotatable bonds is 3. The minimum absolute atomic E-state index is 0.287. The van der Waals surface area contributed by atoms with Crippen molar-refractivity contribution in [2.24, 2.45) is 0 Å². The molecule has 1 aromatic carbocycles. The van der Waals surface area contributed by atoms with E-state index in [9.17, 15) is 4.39 Å². The van der Waals surface area contributed by atoms with Crippen molar-refractivity contribution in [2.45, 2.75) is 6.54 Å². The summed E-state index contributed by atoms with van der Waals surface area (Å²) in [5.41, 5.74) is 1.01. The third kappa shape index (κ3) is 2.46. The number of anilines is 1. The lowest BCUT2D eigenvalue weighted by Crippen LogP contribution is -2.03. The molecule has 1 N–H and O–H groups in total. The molecular formula is C11H9ClFN3.